The molecule has 0 bridgehead atoms. The molecule has 0 aliphatic heterocycles. The van der Waals surface area contributed by atoms with Crippen LogP contribution in [-0.4, -0.2) is 16.0 Å². The van der Waals surface area contributed by atoms with Crippen molar-refractivity contribution in [3.8, 4) is 11.5 Å². The standard InChI is InChI=1S/C20H20O3/c1-14(2)6-7-15-4-3-5-16(12-15)8-11-19(22)18-10-9-17(21)13-20(18)23/h3-6,8-13,21,23H,7H2,1-2H3/b11-8+. The molecule has 0 aliphatic carbocycles. The van der Waals surface area contributed by atoms with Crippen molar-refractivity contribution in [2.45, 2.75) is 20.3 Å². The first-order chi connectivity index (χ1) is 11.0. The van der Waals surface area contributed by atoms with Gasteiger partial charge in [-0.05, 0) is 49.6 Å². The van der Waals surface area contributed by atoms with Gasteiger partial charge in [-0.1, -0.05) is 42.0 Å². The SMILES string of the molecule is CC(C)=CCc1cccc(/C=C/C(=O)c2ccc(O)cc2O)c1. The molecule has 0 unspecified atom stereocenters. The van der Waals surface area contributed by atoms with Crippen LogP contribution in [0.4, 0.5) is 0 Å². The molecule has 0 fully saturated rings. The third kappa shape index (κ3) is 4.85. The Hall–Kier alpha value is -2.81. The van der Waals surface area contributed by atoms with E-state index >= 15 is 0 Å². The average Bonchev–Trinajstić information content (AvgIpc) is 2.51. The molecule has 0 saturated carbocycles. The molecule has 2 rings (SSSR count). The third-order valence-electron chi connectivity index (χ3n) is 3.37. The molecule has 0 heterocycles. The Kier molecular flexibility index (Phi) is 5.36. The lowest BCUT2D eigenvalue weighted by atomic mass is 10.0. The van der Waals surface area contributed by atoms with Gasteiger partial charge in [-0.25, -0.2) is 0 Å². The first-order valence-electron chi connectivity index (χ1n) is 7.42. The summed E-state index contributed by atoms with van der Waals surface area (Å²) in [5, 5.41) is 19.0. The number of phenols is 2. The van der Waals surface area contributed by atoms with E-state index in [0.29, 0.717) is 0 Å². The van der Waals surface area contributed by atoms with Gasteiger partial charge in [0.2, 0.25) is 0 Å². The minimum absolute atomic E-state index is 0.0741. The molecule has 2 aromatic carbocycles. The number of rotatable bonds is 5. The van der Waals surface area contributed by atoms with E-state index in [0.717, 1.165) is 18.1 Å². The number of ketones is 1. The smallest absolute Gasteiger partial charge is 0.189 e. The molecule has 0 spiro atoms. The van der Waals surface area contributed by atoms with Crippen molar-refractivity contribution in [3.63, 3.8) is 0 Å². The summed E-state index contributed by atoms with van der Waals surface area (Å²) in [7, 11) is 0. The van der Waals surface area contributed by atoms with Crippen LogP contribution in [0.25, 0.3) is 6.08 Å². The van der Waals surface area contributed by atoms with E-state index in [-0.39, 0.29) is 22.8 Å². The monoisotopic (exact) mass is 308 g/mol. The van der Waals surface area contributed by atoms with E-state index in [4.69, 9.17) is 0 Å². The van der Waals surface area contributed by atoms with Gasteiger partial charge in [0.25, 0.3) is 0 Å². The van der Waals surface area contributed by atoms with Gasteiger partial charge < -0.3 is 10.2 Å². The molecule has 0 aromatic heterocycles. The number of carbonyl (C=O) groups excluding carboxylic acids is 1. The van der Waals surface area contributed by atoms with E-state index in [1.54, 1.807) is 6.08 Å². The van der Waals surface area contributed by atoms with Gasteiger partial charge in [0.1, 0.15) is 11.5 Å². The summed E-state index contributed by atoms with van der Waals surface area (Å²) in [5.41, 5.74) is 3.54. The number of hydrogen-bond donors (Lipinski definition) is 2. The largest absolute Gasteiger partial charge is 0.508 e. The molecule has 23 heavy (non-hydrogen) atoms. The lowest BCUT2D eigenvalue weighted by Gasteiger charge is -2.02. The maximum Gasteiger partial charge on any atom is 0.189 e. The van der Waals surface area contributed by atoms with Gasteiger partial charge in [-0.3, -0.25) is 4.79 Å². The molecule has 0 atom stereocenters. The Morgan fingerprint density at radius 2 is 1.87 bits per heavy atom. The predicted molar refractivity (Wildman–Crippen MR) is 92.7 cm³/mol. The second kappa shape index (κ2) is 7.45. The van der Waals surface area contributed by atoms with E-state index in [1.807, 2.05) is 24.3 Å². The number of hydrogen-bond acceptors (Lipinski definition) is 3. The highest BCUT2D eigenvalue weighted by molar-refractivity contribution is 6.08. The molecule has 3 heteroatoms. The van der Waals surface area contributed by atoms with Gasteiger partial charge in [-0.15, -0.1) is 0 Å². The van der Waals surface area contributed by atoms with E-state index < -0.39 is 0 Å². The normalized spacial score (nSPS) is 10.7. The average molecular weight is 308 g/mol. The first kappa shape index (κ1) is 16.6. The number of carbonyl (C=O) groups is 1. The second-order valence-electron chi connectivity index (χ2n) is 5.63. The summed E-state index contributed by atoms with van der Waals surface area (Å²) in [6.45, 7) is 4.12. The van der Waals surface area contributed by atoms with Gasteiger partial charge >= 0.3 is 0 Å². The van der Waals surface area contributed by atoms with Gasteiger partial charge in [0.05, 0.1) is 5.56 Å². The summed E-state index contributed by atoms with van der Waals surface area (Å²) < 4.78 is 0. The Balaban J connectivity index is 2.14. The molecular weight excluding hydrogens is 288 g/mol. The van der Waals surface area contributed by atoms with Crippen molar-refractivity contribution < 1.29 is 15.0 Å². The maximum atomic E-state index is 12.1. The second-order valence-corrected chi connectivity index (χ2v) is 5.63. The summed E-state index contributed by atoms with van der Waals surface area (Å²) in [6.07, 6.45) is 6.16. The Morgan fingerprint density at radius 3 is 2.57 bits per heavy atom. The zero-order chi connectivity index (χ0) is 16.8. The number of phenolic OH excluding ortho intramolecular Hbond substituents is 2. The van der Waals surface area contributed by atoms with Gasteiger partial charge in [0.15, 0.2) is 5.78 Å². The fourth-order valence-electron chi connectivity index (χ4n) is 2.14. The van der Waals surface area contributed by atoms with Crippen LogP contribution in [0.5, 0.6) is 11.5 Å². The van der Waals surface area contributed by atoms with Crippen LogP contribution in [0.2, 0.25) is 0 Å². The van der Waals surface area contributed by atoms with Crippen molar-refractivity contribution >= 4 is 11.9 Å². The highest BCUT2D eigenvalue weighted by atomic mass is 16.3. The highest BCUT2D eigenvalue weighted by Gasteiger charge is 2.08. The maximum absolute atomic E-state index is 12.1. The summed E-state index contributed by atoms with van der Waals surface area (Å²) in [6, 6.07) is 11.9. The van der Waals surface area contributed by atoms with E-state index in [1.165, 1.54) is 29.3 Å². The van der Waals surface area contributed by atoms with Crippen LogP contribution in [-0.2, 0) is 6.42 Å². The lowest BCUT2D eigenvalue weighted by molar-refractivity contribution is 0.104. The van der Waals surface area contributed by atoms with Crippen molar-refractivity contribution in [2.24, 2.45) is 0 Å². The topological polar surface area (TPSA) is 57.5 Å². The molecular formula is C20H20O3. The molecule has 0 amide bonds. The van der Waals surface area contributed by atoms with E-state index in [2.05, 4.69) is 19.9 Å². The molecule has 0 aliphatic rings. The number of benzene rings is 2. The third-order valence-corrected chi connectivity index (χ3v) is 3.37. The molecule has 3 nitrogen and oxygen atoms in total. The van der Waals surface area contributed by atoms with Crippen LogP contribution in [0.3, 0.4) is 0 Å². The van der Waals surface area contributed by atoms with Crippen LogP contribution in [0.1, 0.15) is 35.3 Å². The van der Waals surface area contributed by atoms with Crippen LogP contribution >= 0.6 is 0 Å². The van der Waals surface area contributed by atoms with Crippen LogP contribution in [0.15, 0.2) is 60.2 Å². The first-order valence-corrected chi connectivity index (χ1v) is 7.42. The van der Waals surface area contributed by atoms with Crippen molar-refractivity contribution in [2.75, 3.05) is 0 Å². The Bertz CT molecular complexity index is 766. The zero-order valence-electron chi connectivity index (χ0n) is 13.3. The molecule has 2 aromatic rings. The van der Waals surface area contributed by atoms with E-state index in [9.17, 15) is 15.0 Å². The Morgan fingerprint density at radius 1 is 1.09 bits per heavy atom. The van der Waals surface area contributed by atoms with Gasteiger partial charge in [-0.2, -0.15) is 0 Å². The quantitative estimate of drug-likeness (QED) is 0.485. The minimum atomic E-state index is -0.308. The fraction of sp³-hybridized carbons (Fsp3) is 0.150. The molecule has 118 valence electrons. The predicted octanol–water partition coefficient (Wildman–Crippen LogP) is 4.50. The Labute approximate surface area is 136 Å². The summed E-state index contributed by atoms with van der Waals surface area (Å²) in [5.74, 6) is -0.607. The zero-order valence-corrected chi connectivity index (χ0v) is 13.3. The highest BCUT2D eigenvalue weighted by Crippen LogP contribution is 2.23. The number of aromatic hydroxyl groups is 2. The molecule has 0 saturated heterocycles. The minimum Gasteiger partial charge on any atom is -0.508 e. The molecule has 2 N–H and O–H groups in total. The van der Waals surface area contributed by atoms with Crippen molar-refractivity contribution in [3.05, 3.63) is 76.9 Å². The van der Waals surface area contributed by atoms with Crippen molar-refractivity contribution in [1.29, 1.82) is 0 Å². The van der Waals surface area contributed by atoms with Crippen LogP contribution < -0.4 is 0 Å². The lowest BCUT2D eigenvalue weighted by Crippen LogP contribution is -1.94. The van der Waals surface area contributed by atoms with Gasteiger partial charge in [0, 0.05) is 6.07 Å². The number of allylic oxidation sites excluding steroid dienone is 3. The van der Waals surface area contributed by atoms with Crippen LogP contribution in [0, 0.1) is 0 Å². The molecule has 0 radical (unpaired) electrons. The van der Waals surface area contributed by atoms with Crippen molar-refractivity contribution in [1.82, 2.24) is 0 Å². The summed E-state index contributed by atoms with van der Waals surface area (Å²) >= 11 is 0. The summed E-state index contributed by atoms with van der Waals surface area (Å²) in [4.78, 5) is 12.1. The fourth-order valence-corrected chi connectivity index (χ4v) is 2.14.